The summed E-state index contributed by atoms with van der Waals surface area (Å²) in [7, 11) is -1.59. The van der Waals surface area contributed by atoms with Gasteiger partial charge < -0.3 is 14.4 Å². The summed E-state index contributed by atoms with van der Waals surface area (Å²) in [6, 6.07) is 1.80. The molecule has 2 aliphatic heterocycles. The zero-order valence-electron chi connectivity index (χ0n) is 13.3. The first kappa shape index (κ1) is 16.4. The maximum absolute atomic E-state index is 11.6. The minimum Gasteiger partial charge on any atom is -0.481 e. The maximum Gasteiger partial charge on any atom is 0.218 e. The van der Waals surface area contributed by atoms with Crippen molar-refractivity contribution in [2.24, 2.45) is 11.8 Å². The first-order chi connectivity index (χ1) is 11.0. The summed E-state index contributed by atoms with van der Waals surface area (Å²) in [4.78, 5) is 10.4. The molecule has 3 rings (SSSR count). The van der Waals surface area contributed by atoms with Crippen LogP contribution in [0.3, 0.4) is 0 Å². The minimum absolute atomic E-state index is 0.0987. The molecule has 2 saturated heterocycles. The van der Waals surface area contributed by atoms with E-state index in [1.54, 1.807) is 20.1 Å². The number of ether oxygens (including phenoxy) is 2. The zero-order valence-corrected chi connectivity index (χ0v) is 14.1. The number of methoxy groups -OCH3 is 1. The molecule has 0 aromatic carbocycles. The van der Waals surface area contributed by atoms with Gasteiger partial charge in [-0.2, -0.15) is 0 Å². The van der Waals surface area contributed by atoms with E-state index in [2.05, 4.69) is 19.6 Å². The standard InChI is InChI=1S/C14H22N4O4S/c1-3-23(19,20)17-5-10-8-22-12-7-18(6-11(10)12)13-4-14(21-2)16-9-15-13/h4,9-12,17H,3,5-8H2,1-2H3/t10-,11+,12+/m1/s1. The van der Waals surface area contributed by atoms with E-state index in [1.807, 2.05) is 0 Å². The molecule has 0 amide bonds. The van der Waals surface area contributed by atoms with Gasteiger partial charge in [-0.25, -0.2) is 23.1 Å². The molecule has 1 N–H and O–H groups in total. The Balaban J connectivity index is 1.64. The Bertz CT molecular complexity index is 654. The summed E-state index contributed by atoms with van der Waals surface area (Å²) in [6.45, 7) is 4.21. The molecule has 1 aromatic heterocycles. The van der Waals surface area contributed by atoms with Crippen LogP contribution in [-0.4, -0.2) is 63.6 Å². The highest BCUT2D eigenvalue weighted by atomic mass is 32.2. The summed E-state index contributed by atoms with van der Waals surface area (Å²) in [5, 5.41) is 0. The monoisotopic (exact) mass is 342 g/mol. The summed E-state index contributed by atoms with van der Waals surface area (Å²) in [5.41, 5.74) is 0. The molecule has 0 saturated carbocycles. The lowest BCUT2D eigenvalue weighted by atomic mass is 9.93. The van der Waals surface area contributed by atoms with E-state index in [1.165, 1.54) is 6.33 Å². The van der Waals surface area contributed by atoms with Gasteiger partial charge in [0.15, 0.2) is 0 Å². The van der Waals surface area contributed by atoms with Crippen molar-refractivity contribution in [1.82, 2.24) is 14.7 Å². The van der Waals surface area contributed by atoms with Crippen LogP contribution in [-0.2, 0) is 14.8 Å². The van der Waals surface area contributed by atoms with Crippen molar-refractivity contribution >= 4 is 15.8 Å². The lowest BCUT2D eigenvalue weighted by molar-refractivity contribution is 0.111. The van der Waals surface area contributed by atoms with Crippen molar-refractivity contribution in [2.75, 3.05) is 44.0 Å². The first-order valence-corrected chi connectivity index (χ1v) is 9.37. The van der Waals surface area contributed by atoms with E-state index in [0.717, 1.165) is 18.9 Å². The lowest BCUT2D eigenvalue weighted by Gasteiger charge is -2.20. The topological polar surface area (TPSA) is 93.7 Å². The van der Waals surface area contributed by atoms with Crippen LogP contribution in [0.4, 0.5) is 5.82 Å². The van der Waals surface area contributed by atoms with Crippen molar-refractivity contribution in [1.29, 1.82) is 0 Å². The van der Waals surface area contributed by atoms with Gasteiger partial charge >= 0.3 is 0 Å². The molecule has 1 aromatic rings. The Morgan fingerprint density at radius 3 is 3.00 bits per heavy atom. The molecular formula is C14H22N4O4S. The number of fused-ring (bicyclic) bond motifs is 1. The van der Waals surface area contributed by atoms with Crippen LogP contribution in [0.25, 0.3) is 0 Å². The third-order valence-corrected chi connectivity index (χ3v) is 5.91. The number of nitrogens with one attached hydrogen (secondary N) is 1. The second-order valence-corrected chi connectivity index (χ2v) is 7.97. The molecule has 9 heteroatoms. The fraction of sp³-hybridized carbons (Fsp3) is 0.714. The molecule has 2 aliphatic rings. The maximum atomic E-state index is 11.6. The Labute approximate surface area is 136 Å². The van der Waals surface area contributed by atoms with Crippen molar-refractivity contribution in [3.8, 4) is 5.88 Å². The van der Waals surface area contributed by atoms with Gasteiger partial charge in [0.05, 0.1) is 25.6 Å². The van der Waals surface area contributed by atoms with E-state index in [4.69, 9.17) is 9.47 Å². The number of nitrogens with zero attached hydrogens (tertiary/aromatic N) is 3. The highest BCUT2D eigenvalue weighted by Crippen LogP contribution is 2.35. The minimum atomic E-state index is -3.17. The molecule has 8 nitrogen and oxygen atoms in total. The molecule has 23 heavy (non-hydrogen) atoms. The quantitative estimate of drug-likeness (QED) is 0.770. The molecule has 128 valence electrons. The summed E-state index contributed by atoms with van der Waals surface area (Å²) < 4.78 is 36.9. The average molecular weight is 342 g/mol. The molecule has 0 radical (unpaired) electrons. The Morgan fingerprint density at radius 1 is 1.43 bits per heavy atom. The van der Waals surface area contributed by atoms with Crippen LogP contribution >= 0.6 is 0 Å². The summed E-state index contributed by atoms with van der Waals surface area (Å²) >= 11 is 0. The molecular weight excluding hydrogens is 320 g/mol. The molecule has 2 fully saturated rings. The zero-order chi connectivity index (χ0) is 16.4. The van der Waals surface area contributed by atoms with Crippen LogP contribution in [0, 0.1) is 11.8 Å². The summed E-state index contributed by atoms with van der Waals surface area (Å²) in [5.74, 6) is 1.93. The smallest absolute Gasteiger partial charge is 0.218 e. The number of hydrogen-bond donors (Lipinski definition) is 1. The highest BCUT2D eigenvalue weighted by molar-refractivity contribution is 7.89. The van der Waals surface area contributed by atoms with Crippen LogP contribution in [0.2, 0.25) is 0 Å². The van der Waals surface area contributed by atoms with Gasteiger partial charge in [0, 0.05) is 37.5 Å². The van der Waals surface area contributed by atoms with Gasteiger partial charge in [0.1, 0.15) is 12.1 Å². The second kappa shape index (κ2) is 6.58. The Kier molecular flexibility index (Phi) is 4.69. The lowest BCUT2D eigenvalue weighted by Crippen LogP contribution is -2.35. The van der Waals surface area contributed by atoms with E-state index in [0.29, 0.717) is 24.9 Å². The molecule has 3 heterocycles. The number of hydrogen-bond acceptors (Lipinski definition) is 7. The van der Waals surface area contributed by atoms with Crippen molar-refractivity contribution in [2.45, 2.75) is 13.0 Å². The predicted octanol–water partition coefficient (Wildman–Crippen LogP) is -0.124. The van der Waals surface area contributed by atoms with E-state index >= 15 is 0 Å². The third-order valence-electron chi connectivity index (χ3n) is 4.55. The van der Waals surface area contributed by atoms with Crippen molar-refractivity contribution < 1.29 is 17.9 Å². The van der Waals surface area contributed by atoms with Crippen LogP contribution in [0.5, 0.6) is 5.88 Å². The van der Waals surface area contributed by atoms with E-state index in [9.17, 15) is 8.42 Å². The Hall–Kier alpha value is -1.45. The number of anilines is 1. The normalized spacial score (nSPS) is 27.2. The van der Waals surface area contributed by atoms with E-state index < -0.39 is 10.0 Å². The second-order valence-electron chi connectivity index (χ2n) is 5.87. The predicted molar refractivity (Wildman–Crippen MR) is 85.0 cm³/mol. The molecule has 0 aliphatic carbocycles. The van der Waals surface area contributed by atoms with Crippen LogP contribution in [0.15, 0.2) is 12.4 Å². The molecule has 0 spiro atoms. The van der Waals surface area contributed by atoms with E-state index in [-0.39, 0.29) is 17.8 Å². The number of rotatable bonds is 6. The third kappa shape index (κ3) is 3.56. The van der Waals surface area contributed by atoms with Gasteiger partial charge in [-0.05, 0) is 6.92 Å². The fourth-order valence-corrected chi connectivity index (χ4v) is 3.82. The van der Waals surface area contributed by atoms with Crippen molar-refractivity contribution in [3.63, 3.8) is 0 Å². The largest absolute Gasteiger partial charge is 0.481 e. The molecule has 3 atom stereocenters. The number of aromatic nitrogens is 2. The van der Waals surface area contributed by atoms with Gasteiger partial charge in [0.25, 0.3) is 0 Å². The van der Waals surface area contributed by atoms with Gasteiger partial charge in [-0.15, -0.1) is 0 Å². The first-order valence-electron chi connectivity index (χ1n) is 7.72. The molecule has 0 bridgehead atoms. The summed E-state index contributed by atoms with van der Waals surface area (Å²) in [6.07, 6.45) is 1.60. The average Bonchev–Trinajstić information content (AvgIpc) is 3.14. The fourth-order valence-electron chi connectivity index (χ4n) is 3.15. The van der Waals surface area contributed by atoms with Gasteiger partial charge in [-0.1, -0.05) is 0 Å². The Morgan fingerprint density at radius 2 is 2.26 bits per heavy atom. The SMILES string of the molecule is CCS(=O)(=O)NC[C@@H]1CO[C@H]2CN(c3cc(OC)ncn3)C[C@@H]12. The number of sulfonamides is 1. The van der Waals surface area contributed by atoms with Crippen molar-refractivity contribution in [3.05, 3.63) is 12.4 Å². The molecule has 0 unspecified atom stereocenters. The van der Waals surface area contributed by atoms with Gasteiger partial charge in [-0.3, -0.25) is 0 Å². The van der Waals surface area contributed by atoms with Crippen LogP contribution in [0.1, 0.15) is 6.92 Å². The van der Waals surface area contributed by atoms with Crippen LogP contribution < -0.4 is 14.4 Å². The highest BCUT2D eigenvalue weighted by Gasteiger charge is 2.44. The van der Waals surface area contributed by atoms with Gasteiger partial charge in [0.2, 0.25) is 15.9 Å².